The van der Waals surface area contributed by atoms with Crippen LogP contribution in [-0.2, 0) is 4.79 Å². The molecule has 0 aromatic rings. The minimum Gasteiger partial charge on any atom is -0.337 e. The van der Waals surface area contributed by atoms with Crippen molar-refractivity contribution in [3.63, 3.8) is 0 Å². The Morgan fingerprint density at radius 1 is 1.36 bits per heavy atom. The van der Waals surface area contributed by atoms with Crippen molar-refractivity contribution in [3.05, 3.63) is 0 Å². The summed E-state index contributed by atoms with van der Waals surface area (Å²) in [6, 6.07) is 0. The molecule has 5 heteroatoms. The molecule has 1 saturated carbocycles. The summed E-state index contributed by atoms with van der Waals surface area (Å²) in [6.07, 6.45) is 0.00153. The van der Waals surface area contributed by atoms with Crippen LogP contribution in [0.15, 0.2) is 0 Å². The maximum atomic E-state index is 12.4. The summed E-state index contributed by atoms with van der Waals surface area (Å²) in [5, 5.41) is 5.91. The third-order valence-corrected chi connectivity index (χ3v) is 3.21. The molecule has 80 valence electrons. The summed E-state index contributed by atoms with van der Waals surface area (Å²) in [5.41, 5.74) is -0.373. The van der Waals surface area contributed by atoms with Gasteiger partial charge in [-0.1, -0.05) is 0 Å². The maximum Gasteiger partial charge on any atom is 0.241 e. The molecule has 2 rings (SSSR count). The Hall–Kier alpha value is -0.710. The van der Waals surface area contributed by atoms with Gasteiger partial charge in [-0.15, -0.1) is 0 Å². The van der Waals surface area contributed by atoms with Gasteiger partial charge in [0.05, 0.1) is 12.2 Å². The first kappa shape index (κ1) is 9.83. The molecule has 0 radical (unpaired) electrons. The fourth-order valence-corrected chi connectivity index (χ4v) is 2.29. The molecule has 1 amide bonds. The number of amides is 1. The summed E-state index contributed by atoms with van der Waals surface area (Å²) < 4.78 is 24.7. The van der Waals surface area contributed by atoms with Gasteiger partial charge in [0.15, 0.2) is 0 Å². The maximum absolute atomic E-state index is 12.4. The predicted molar refractivity (Wildman–Crippen MR) is 46.8 cm³/mol. The van der Waals surface area contributed by atoms with Gasteiger partial charge < -0.3 is 5.32 Å². The Balaban J connectivity index is 1.92. The number of carbonyl (C=O) groups excluding carboxylic acids is 1. The van der Waals surface area contributed by atoms with Gasteiger partial charge in [0.1, 0.15) is 0 Å². The van der Waals surface area contributed by atoms with Crippen molar-refractivity contribution in [2.75, 3.05) is 6.54 Å². The molecule has 2 fully saturated rings. The summed E-state index contributed by atoms with van der Waals surface area (Å²) >= 11 is 0. The molecule has 1 heterocycles. The van der Waals surface area contributed by atoms with E-state index in [9.17, 15) is 13.6 Å². The van der Waals surface area contributed by atoms with E-state index in [1.165, 1.54) is 0 Å². The lowest BCUT2D eigenvalue weighted by Crippen LogP contribution is -2.52. The zero-order valence-electron chi connectivity index (χ0n) is 7.85. The Labute approximate surface area is 81.2 Å². The number of hydrogen-bond donors (Lipinski definition) is 2. The first-order chi connectivity index (χ1) is 6.61. The second-order valence-corrected chi connectivity index (χ2v) is 4.16. The van der Waals surface area contributed by atoms with Gasteiger partial charge in [0.25, 0.3) is 0 Å². The number of rotatable bonds is 1. The lowest BCUT2D eigenvalue weighted by Gasteiger charge is -2.36. The lowest BCUT2D eigenvalue weighted by atomic mass is 9.82. The quantitative estimate of drug-likeness (QED) is 0.665. The first-order valence-electron chi connectivity index (χ1n) is 4.95. The largest absolute Gasteiger partial charge is 0.337 e. The summed E-state index contributed by atoms with van der Waals surface area (Å²) in [6.45, 7) is 0.319. The molecule has 1 aliphatic carbocycles. The Morgan fingerprint density at radius 3 is 2.43 bits per heavy atom. The third kappa shape index (κ3) is 1.73. The Kier molecular flexibility index (Phi) is 2.43. The number of alkyl halides is 2. The van der Waals surface area contributed by atoms with Crippen LogP contribution in [0.25, 0.3) is 0 Å². The van der Waals surface area contributed by atoms with Crippen LogP contribution in [0.4, 0.5) is 8.78 Å². The van der Waals surface area contributed by atoms with Crippen molar-refractivity contribution in [1.29, 1.82) is 0 Å². The smallest absolute Gasteiger partial charge is 0.241 e. The van der Waals surface area contributed by atoms with Crippen molar-refractivity contribution >= 4 is 5.91 Å². The molecule has 0 atom stereocenters. The van der Waals surface area contributed by atoms with E-state index in [1.54, 1.807) is 0 Å². The van der Waals surface area contributed by atoms with Gasteiger partial charge in [0, 0.05) is 5.92 Å². The van der Waals surface area contributed by atoms with Crippen LogP contribution < -0.4 is 10.6 Å². The highest BCUT2D eigenvalue weighted by Gasteiger charge is 2.41. The molecule has 1 saturated heterocycles. The summed E-state index contributed by atoms with van der Waals surface area (Å²) in [4.78, 5) is 11.0. The van der Waals surface area contributed by atoms with Crippen LogP contribution >= 0.6 is 0 Å². The highest BCUT2D eigenvalue weighted by Crippen LogP contribution is 2.34. The average Bonchev–Trinajstić information content (AvgIpc) is 2.48. The molecule has 0 aromatic heterocycles. The van der Waals surface area contributed by atoms with E-state index in [-0.39, 0.29) is 11.6 Å². The summed E-state index contributed by atoms with van der Waals surface area (Å²) in [7, 11) is 0. The van der Waals surface area contributed by atoms with Gasteiger partial charge in [-0.05, 0) is 25.7 Å². The van der Waals surface area contributed by atoms with E-state index in [0.29, 0.717) is 32.2 Å². The van der Waals surface area contributed by atoms with E-state index < -0.39 is 12.3 Å². The fourth-order valence-electron chi connectivity index (χ4n) is 2.29. The van der Waals surface area contributed by atoms with Crippen molar-refractivity contribution in [1.82, 2.24) is 10.6 Å². The zero-order valence-corrected chi connectivity index (χ0v) is 7.85. The highest BCUT2D eigenvalue weighted by molar-refractivity contribution is 5.81. The molecule has 0 bridgehead atoms. The second kappa shape index (κ2) is 3.46. The van der Waals surface area contributed by atoms with E-state index in [1.807, 2.05) is 0 Å². The molecule has 2 N–H and O–H groups in total. The molecule has 3 nitrogen and oxygen atoms in total. The molecular formula is C9H14F2N2O. The van der Waals surface area contributed by atoms with Crippen LogP contribution in [0.3, 0.4) is 0 Å². The van der Waals surface area contributed by atoms with E-state index >= 15 is 0 Å². The van der Waals surface area contributed by atoms with Gasteiger partial charge in [-0.3, -0.25) is 10.1 Å². The molecule has 2 aliphatic rings. The summed E-state index contributed by atoms with van der Waals surface area (Å²) in [5.74, 6) is -0.513. The number of nitrogens with one attached hydrogen (secondary N) is 2. The second-order valence-electron chi connectivity index (χ2n) is 4.16. The minimum absolute atomic E-state index is 0.0273. The molecular weight excluding hydrogens is 190 g/mol. The molecule has 1 aliphatic heterocycles. The van der Waals surface area contributed by atoms with E-state index in [0.717, 1.165) is 0 Å². The van der Waals surface area contributed by atoms with Crippen molar-refractivity contribution in [2.45, 2.75) is 37.8 Å². The number of hydrogen-bond acceptors (Lipinski definition) is 2. The average molecular weight is 204 g/mol. The fraction of sp³-hybridized carbons (Fsp3) is 0.889. The van der Waals surface area contributed by atoms with Gasteiger partial charge in [0.2, 0.25) is 12.3 Å². The molecule has 14 heavy (non-hydrogen) atoms. The minimum atomic E-state index is -2.22. The first-order valence-corrected chi connectivity index (χ1v) is 4.95. The molecule has 0 aromatic carbocycles. The number of halogens is 2. The van der Waals surface area contributed by atoms with Crippen LogP contribution in [0.1, 0.15) is 25.7 Å². The van der Waals surface area contributed by atoms with E-state index in [2.05, 4.69) is 10.6 Å². The van der Waals surface area contributed by atoms with Crippen molar-refractivity contribution in [2.24, 2.45) is 5.92 Å². The van der Waals surface area contributed by atoms with Gasteiger partial charge in [-0.25, -0.2) is 8.78 Å². The van der Waals surface area contributed by atoms with Crippen molar-refractivity contribution < 1.29 is 13.6 Å². The highest BCUT2D eigenvalue weighted by atomic mass is 19.3. The van der Waals surface area contributed by atoms with Crippen LogP contribution in [0.5, 0.6) is 0 Å². The van der Waals surface area contributed by atoms with E-state index in [4.69, 9.17) is 0 Å². The lowest BCUT2D eigenvalue weighted by molar-refractivity contribution is -0.119. The van der Waals surface area contributed by atoms with Gasteiger partial charge >= 0.3 is 0 Å². The van der Waals surface area contributed by atoms with Crippen LogP contribution in [0.2, 0.25) is 0 Å². The standard InChI is InChI=1S/C9H14F2N2O/c10-8(11)6-1-3-9(4-2-6)12-5-7(14)13-9/h6,8,12H,1-5H2,(H,13,14). The SMILES string of the molecule is O=C1CNC2(CCC(C(F)F)CC2)N1. The normalized spacial score (nSPS) is 37.9. The molecule has 1 spiro atoms. The Bertz CT molecular complexity index is 237. The van der Waals surface area contributed by atoms with Crippen LogP contribution in [-0.4, -0.2) is 24.5 Å². The number of carbonyl (C=O) groups is 1. The zero-order chi connectivity index (χ0) is 10.2. The third-order valence-electron chi connectivity index (χ3n) is 3.21. The topological polar surface area (TPSA) is 41.1 Å². The monoisotopic (exact) mass is 204 g/mol. The van der Waals surface area contributed by atoms with Gasteiger partial charge in [-0.2, -0.15) is 0 Å². The predicted octanol–water partition coefficient (Wildman–Crippen LogP) is 0.857. The molecule has 0 unspecified atom stereocenters. The Morgan fingerprint density at radius 2 is 2.00 bits per heavy atom. The van der Waals surface area contributed by atoms with Crippen molar-refractivity contribution in [3.8, 4) is 0 Å². The van der Waals surface area contributed by atoms with Crippen LogP contribution in [0, 0.1) is 5.92 Å².